The Labute approximate surface area is 135 Å². The van der Waals surface area contributed by atoms with Gasteiger partial charge in [-0.15, -0.1) is 0 Å². The first-order valence-corrected chi connectivity index (χ1v) is 13.9. The monoisotopic (exact) mass is 318 g/mol. The van der Waals surface area contributed by atoms with Crippen molar-refractivity contribution in [1.82, 2.24) is 0 Å². The summed E-state index contributed by atoms with van der Waals surface area (Å²) in [5.74, 6) is 0. The topological polar surface area (TPSA) is 0 Å². The van der Waals surface area contributed by atoms with Gasteiger partial charge in [-0.25, -0.2) is 0 Å². The van der Waals surface area contributed by atoms with E-state index in [2.05, 4.69) is 104 Å². The molecule has 2 heteroatoms. The highest BCUT2D eigenvalue weighted by Gasteiger charge is 2.39. The fourth-order valence-electron chi connectivity index (χ4n) is 3.31. The van der Waals surface area contributed by atoms with Gasteiger partial charge in [-0.2, -0.15) is 0 Å². The third kappa shape index (κ3) is 2.72. The Kier molecular flexibility index (Phi) is 4.41. The second-order valence-corrected chi connectivity index (χ2v) is 17.8. The van der Waals surface area contributed by atoms with Gasteiger partial charge in [-0.05, 0) is 0 Å². The van der Waals surface area contributed by atoms with Crippen LogP contribution in [0.1, 0.15) is 0 Å². The first-order valence-electron chi connectivity index (χ1n) is 7.89. The van der Waals surface area contributed by atoms with E-state index < -0.39 is 15.9 Å². The van der Waals surface area contributed by atoms with E-state index in [0.29, 0.717) is 0 Å². The van der Waals surface area contributed by atoms with Crippen LogP contribution in [0.15, 0.2) is 91.0 Å². The molecule has 1 unspecified atom stereocenters. The van der Waals surface area contributed by atoms with Crippen LogP contribution in [0.4, 0.5) is 0 Å². The highest BCUT2D eigenvalue weighted by atomic mass is 29.2. The van der Waals surface area contributed by atoms with Gasteiger partial charge in [0.1, 0.15) is 7.59 Å². The zero-order valence-corrected chi connectivity index (χ0v) is 15.4. The molecule has 0 saturated heterocycles. The number of hydrogen-bond donors (Lipinski definition) is 0. The molecule has 0 nitrogen and oxygen atoms in total. The van der Waals surface area contributed by atoms with Crippen molar-refractivity contribution in [1.29, 1.82) is 0 Å². The van der Waals surface area contributed by atoms with Crippen molar-refractivity contribution in [3.05, 3.63) is 91.0 Å². The fraction of sp³-hybridized carbons (Fsp3) is 0.100. The van der Waals surface area contributed by atoms with Gasteiger partial charge in [-0.3, -0.25) is 0 Å². The molecule has 0 aliphatic carbocycles. The fourth-order valence-corrected chi connectivity index (χ4v) is 14.6. The van der Waals surface area contributed by atoms with Crippen LogP contribution >= 0.6 is 0 Å². The molecule has 3 rings (SSSR count). The Balaban J connectivity index is 2.16. The zero-order valence-electron chi connectivity index (χ0n) is 13.2. The first-order chi connectivity index (χ1) is 10.7. The molecule has 0 bridgehead atoms. The molecule has 0 aliphatic heterocycles. The van der Waals surface area contributed by atoms with E-state index in [4.69, 9.17) is 0 Å². The largest absolute Gasteiger partial charge is 0.109 e. The van der Waals surface area contributed by atoms with Crippen LogP contribution in [0.5, 0.6) is 0 Å². The predicted molar refractivity (Wildman–Crippen MR) is 103 cm³/mol. The quantitative estimate of drug-likeness (QED) is 0.649. The summed E-state index contributed by atoms with van der Waals surface area (Å²) < 4.78 is 0. The van der Waals surface area contributed by atoms with Gasteiger partial charge >= 0.3 is 0 Å². The van der Waals surface area contributed by atoms with Crippen molar-refractivity contribution in [2.75, 3.05) is 0 Å². The van der Waals surface area contributed by atoms with Crippen LogP contribution < -0.4 is 15.6 Å². The normalized spacial score (nSPS) is 12.8. The Morgan fingerprint density at radius 3 is 1.36 bits per heavy atom. The van der Waals surface area contributed by atoms with Gasteiger partial charge in [0.25, 0.3) is 0 Å². The van der Waals surface area contributed by atoms with Crippen LogP contribution in [0.3, 0.4) is 0 Å². The van der Waals surface area contributed by atoms with Gasteiger partial charge in [0.05, 0.1) is 8.31 Å². The van der Waals surface area contributed by atoms with E-state index in [1.807, 2.05) is 0 Å². The van der Waals surface area contributed by atoms with Gasteiger partial charge < -0.3 is 0 Å². The number of rotatable bonds is 4. The molecule has 0 aliphatic rings. The van der Waals surface area contributed by atoms with Crippen LogP contribution in [-0.4, -0.2) is 15.9 Å². The van der Waals surface area contributed by atoms with Crippen LogP contribution in [0.25, 0.3) is 0 Å². The van der Waals surface area contributed by atoms with E-state index >= 15 is 0 Å². The second-order valence-electron chi connectivity index (χ2n) is 6.07. The number of hydrogen-bond acceptors (Lipinski definition) is 0. The Morgan fingerprint density at radius 1 is 0.591 bits per heavy atom. The smallest absolute Gasteiger partial charge is 0.0693 e. The minimum atomic E-state index is -1.71. The van der Waals surface area contributed by atoms with Crippen molar-refractivity contribution in [3.8, 4) is 0 Å². The molecule has 3 aromatic carbocycles. The molecule has 3 aromatic rings. The SMILES string of the molecule is C[SiH](c1ccccc1)[Si](C)(c1ccccc1)c1ccccc1. The average molecular weight is 319 g/mol. The molecular weight excluding hydrogens is 296 g/mol. The molecule has 1 atom stereocenters. The molecule has 0 aromatic heterocycles. The molecule has 0 spiro atoms. The standard InChI is InChI=1S/C20H22Si2/c1-21(18-12-6-3-7-13-18)22(2,19-14-8-4-9-15-19)20-16-10-5-11-17-20/h3-17,21H,1-2H3. The summed E-state index contributed by atoms with van der Waals surface area (Å²) in [6, 6.07) is 33.5. The van der Waals surface area contributed by atoms with Crippen molar-refractivity contribution in [2.24, 2.45) is 0 Å². The minimum Gasteiger partial charge on any atom is -0.0693 e. The molecule has 0 saturated carbocycles. The summed E-state index contributed by atoms with van der Waals surface area (Å²) in [4.78, 5) is 0. The summed E-state index contributed by atoms with van der Waals surface area (Å²) in [6.45, 7) is 5.09. The van der Waals surface area contributed by atoms with Crippen LogP contribution in [-0.2, 0) is 0 Å². The van der Waals surface area contributed by atoms with E-state index in [-0.39, 0.29) is 0 Å². The summed E-state index contributed by atoms with van der Waals surface area (Å²) in [5.41, 5.74) is 0. The van der Waals surface area contributed by atoms with E-state index in [1.54, 1.807) is 15.6 Å². The Bertz CT molecular complexity index is 669. The van der Waals surface area contributed by atoms with Crippen LogP contribution in [0.2, 0.25) is 13.1 Å². The van der Waals surface area contributed by atoms with Crippen molar-refractivity contribution < 1.29 is 0 Å². The minimum absolute atomic E-state index is 1.10. The Hall–Kier alpha value is -1.91. The summed E-state index contributed by atoms with van der Waals surface area (Å²) in [5, 5.41) is 4.69. The molecule has 110 valence electrons. The lowest BCUT2D eigenvalue weighted by atomic mass is 10.4. The molecule has 0 heterocycles. The molecular formula is C20H22Si2. The van der Waals surface area contributed by atoms with Gasteiger partial charge in [0.15, 0.2) is 0 Å². The summed E-state index contributed by atoms with van der Waals surface area (Å²) >= 11 is 0. The molecule has 0 amide bonds. The summed E-state index contributed by atoms with van der Waals surface area (Å²) in [7, 11) is -2.81. The third-order valence-corrected chi connectivity index (χ3v) is 19.3. The highest BCUT2D eigenvalue weighted by molar-refractivity contribution is 7.47. The van der Waals surface area contributed by atoms with Crippen molar-refractivity contribution >= 4 is 31.5 Å². The molecule has 0 fully saturated rings. The summed E-state index contributed by atoms with van der Waals surface area (Å²) in [6.07, 6.45) is 0. The maximum absolute atomic E-state index is 2.56. The van der Waals surface area contributed by atoms with Crippen molar-refractivity contribution in [3.63, 3.8) is 0 Å². The maximum Gasteiger partial charge on any atom is 0.109 e. The molecule has 0 N–H and O–H groups in total. The highest BCUT2D eigenvalue weighted by Crippen LogP contribution is 2.10. The van der Waals surface area contributed by atoms with Crippen molar-refractivity contribution in [2.45, 2.75) is 13.1 Å². The Morgan fingerprint density at radius 2 is 0.955 bits per heavy atom. The van der Waals surface area contributed by atoms with E-state index in [1.165, 1.54) is 0 Å². The molecule has 22 heavy (non-hydrogen) atoms. The van der Waals surface area contributed by atoms with E-state index in [0.717, 1.165) is 0 Å². The predicted octanol–water partition coefficient (Wildman–Crippen LogP) is 2.72. The van der Waals surface area contributed by atoms with Gasteiger partial charge in [-0.1, -0.05) is 120 Å². The lowest BCUT2D eigenvalue weighted by molar-refractivity contribution is 1.70. The average Bonchev–Trinajstić information content (AvgIpc) is 2.62. The lowest BCUT2D eigenvalue weighted by Crippen LogP contribution is -2.69. The zero-order chi connectivity index (χ0) is 15.4. The van der Waals surface area contributed by atoms with Crippen LogP contribution in [0, 0.1) is 0 Å². The second kappa shape index (κ2) is 6.47. The van der Waals surface area contributed by atoms with Gasteiger partial charge in [0, 0.05) is 0 Å². The lowest BCUT2D eigenvalue weighted by Gasteiger charge is -2.34. The molecule has 0 radical (unpaired) electrons. The van der Waals surface area contributed by atoms with E-state index in [9.17, 15) is 0 Å². The first kappa shape index (κ1) is 15.0. The maximum atomic E-state index is 2.56. The number of benzene rings is 3. The van der Waals surface area contributed by atoms with Gasteiger partial charge in [0.2, 0.25) is 0 Å². The third-order valence-electron chi connectivity index (χ3n) is 4.91.